The van der Waals surface area contributed by atoms with E-state index in [1.807, 2.05) is 24.3 Å². The second-order valence-electron chi connectivity index (χ2n) is 6.22. The molecule has 0 unspecified atom stereocenters. The van der Waals surface area contributed by atoms with Crippen molar-refractivity contribution in [2.75, 3.05) is 19.0 Å². The van der Waals surface area contributed by atoms with E-state index in [1.54, 1.807) is 31.1 Å². The highest BCUT2D eigenvalue weighted by atomic mass is 16.5. The summed E-state index contributed by atoms with van der Waals surface area (Å²) in [6.45, 7) is 0.245. The molecule has 0 aliphatic carbocycles. The van der Waals surface area contributed by atoms with E-state index in [4.69, 9.17) is 4.74 Å². The number of hydrogen-bond donors (Lipinski definition) is 2. The van der Waals surface area contributed by atoms with E-state index in [2.05, 4.69) is 15.7 Å². The van der Waals surface area contributed by atoms with Crippen LogP contribution < -0.4 is 15.4 Å². The van der Waals surface area contributed by atoms with Gasteiger partial charge in [-0.3, -0.25) is 19.2 Å². The van der Waals surface area contributed by atoms with Crippen LogP contribution >= 0.6 is 0 Å². The minimum absolute atomic E-state index is 0.139. The number of anilines is 1. The van der Waals surface area contributed by atoms with Crippen LogP contribution in [0.5, 0.6) is 5.75 Å². The molecule has 27 heavy (non-hydrogen) atoms. The Balaban J connectivity index is 1.53. The van der Waals surface area contributed by atoms with Gasteiger partial charge >= 0.3 is 6.03 Å². The number of rotatable bonds is 7. The number of carbonyl (C=O) groups is 3. The van der Waals surface area contributed by atoms with Crippen molar-refractivity contribution in [3.63, 3.8) is 0 Å². The Hall–Kier alpha value is -3.36. The number of imide groups is 1. The highest BCUT2D eigenvalue weighted by molar-refractivity contribution is 6.06. The molecule has 1 aliphatic heterocycles. The third-order valence-corrected chi connectivity index (χ3v) is 4.26. The van der Waals surface area contributed by atoms with E-state index in [0.717, 1.165) is 16.2 Å². The van der Waals surface area contributed by atoms with Crippen LogP contribution in [-0.2, 0) is 23.1 Å². The molecule has 1 aliphatic rings. The molecule has 2 heterocycles. The number of urea groups is 1. The topological polar surface area (TPSA) is 106 Å². The highest BCUT2D eigenvalue weighted by Gasteiger charge is 2.38. The van der Waals surface area contributed by atoms with Crippen LogP contribution in [0.25, 0.3) is 0 Å². The Morgan fingerprint density at radius 2 is 2.00 bits per heavy atom. The second-order valence-corrected chi connectivity index (χ2v) is 6.22. The second kappa shape index (κ2) is 7.90. The average molecular weight is 371 g/mol. The minimum atomic E-state index is -0.864. The molecule has 9 nitrogen and oxygen atoms in total. The maximum absolute atomic E-state index is 12.5. The van der Waals surface area contributed by atoms with Gasteiger partial charge in [0, 0.05) is 25.9 Å². The molecule has 1 aromatic carbocycles. The summed E-state index contributed by atoms with van der Waals surface area (Å²) in [5, 5.41) is 9.21. The van der Waals surface area contributed by atoms with Gasteiger partial charge in [0.05, 0.1) is 13.5 Å². The highest BCUT2D eigenvalue weighted by Crippen LogP contribution is 2.15. The first-order chi connectivity index (χ1) is 13.0. The van der Waals surface area contributed by atoms with Crippen molar-refractivity contribution in [3.05, 3.63) is 42.1 Å². The molecular weight excluding hydrogens is 350 g/mol. The number of methoxy groups -OCH3 is 1. The average Bonchev–Trinajstić information content (AvgIpc) is 3.16. The molecule has 0 radical (unpaired) electrons. The summed E-state index contributed by atoms with van der Waals surface area (Å²) in [6.07, 6.45) is 2.08. The summed E-state index contributed by atoms with van der Waals surface area (Å²) in [5.41, 5.74) is 0.979. The van der Waals surface area contributed by atoms with E-state index in [0.29, 0.717) is 12.2 Å². The molecule has 2 N–H and O–H groups in total. The standard InChI is InChI=1S/C18H21N5O4/c1-22-9-8-15(21-22)20-16(24)11-14-17(25)23(18(26)19-14)10-7-12-3-5-13(27-2)6-4-12/h3-6,8-9,14H,7,10-11H2,1-2H3,(H,19,26)(H,20,21,24)/t14-/m1/s1. The minimum Gasteiger partial charge on any atom is -0.497 e. The van der Waals surface area contributed by atoms with Crippen molar-refractivity contribution >= 4 is 23.7 Å². The van der Waals surface area contributed by atoms with E-state index in [-0.39, 0.29) is 18.9 Å². The summed E-state index contributed by atoms with van der Waals surface area (Å²) in [7, 11) is 3.32. The van der Waals surface area contributed by atoms with Crippen LogP contribution in [0.3, 0.4) is 0 Å². The fourth-order valence-electron chi connectivity index (χ4n) is 2.82. The molecule has 1 fully saturated rings. The molecule has 1 atom stereocenters. The number of benzene rings is 1. The van der Waals surface area contributed by atoms with Crippen molar-refractivity contribution in [1.82, 2.24) is 20.0 Å². The molecule has 1 aromatic heterocycles. The Labute approximate surface area is 156 Å². The van der Waals surface area contributed by atoms with Gasteiger partial charge in [-0.05, 0) is 24.1 Å². The number of amides is 4. The van der Waals surface area contributed by atoms with Crippen LogP contribution in [0.2, 0.25) is 0 Å². The SMILES string of the molecule is COc1ccc(CCN2C(=O)N[C@H](CC(=O)Nc3ccn(C)n3)C2=O)cc1. The molecular formula is C18H21N5O4. The molecule has 4 amide bonds. The molecule has 9 heteroatoms. The van der Waals surface area contributed by atoms with E-state index < -0.39 is 18.0 Å². The summed E-state index contributed by atoms with van der Waals surface area (Å²) in [5.74, 6) is 0.359. The van der Waals surface area contributed by atoms with Gasteiger partial charge in [-0.2, -0.15) is 5.10 Å². The molecule has 0 saturated carbocycles. The number of ether oxygens (including phenoxy) is 1. The van der Waals surface area contributed by atoms with E-state index in [1.165, 1.54) is 0 Å². The zero-order valence-corrected chi connectivity index (χ0v) is 15.1. The van der Waals surface area contributed by atoms with Crippen LogP contribution in [0.1, 0.15) is 12.0 Å². The van der Waals surface area contributed by atoms with Gasteiger partial charge in [0.2, 0.25) is 5.91 Å². The Kier molecular flexibility index (Phi) is 5.39. The lowest BCUT2D eigenvalue weighted by Crippen LogP contribution is -2.35. The van der Waals surface area contributed by atoms with Gasteiger partial charge in [-0.1, -0.05) is 12.1 Å². The summed E-state index contributed by atoms with van der Waals surface area (Å²) in [4.78, 5) is 37.8. The molecule has 1 saturated heterocycles. The van der Waals surface area contributed by atoms with Crippen molar-refractivity contribution in [2.45, 2.75) is 18.9 Å². The summed E-state index contributed by atoms with van der Waals surface area (Å²) in [6, 6.07) is 7.72. The number of nitrogens with one attached hydrogen (secondary N) is 2. The zero-order chi connectivity index (χ0) is 19.4. The number of nitrogens with zero attached hydrogens (tertiary/aromatic N) is 3. The summed E-state index contributed by atoms with van der Waals surface area (Å²) >= 11 is 0. The van der Waals surface area contributed by atoms with Crippen molar-refractivity contribution < 1.29 is 19.1 Å². The third-order valence-electron chi connectivity index (χ3n) is 4.26. The van der Waals surface area contributed by atoms with E-state index >= 15 is 0 Å². The van der Waals surface area contributed by atoms with Gasteiger partial charge in [-0.25, -0.2) is 4.79 Å². The Morgan fingerprint density at radius 3 is 2.63 bits per heavy atom. The third kappa shape index (κ3) is 4.43. The summed E-state index contributed by atoms with van der Waals surface area (Å²) < 4.78 is 6.66. The molecule has 0 spiro atoms. The van der Waals surface area contributed by atoms with Crippen LogP contribution in [0.4, 0.5) is 10.6 Å². The molecule has 2 aromatic rings. The van der Waals surface area contributed by atoms with Gasteiger partial charge < -0.3 is 15.4 Å². The first-order valence-electron chi connectivity index (χ1n) is 8.50. The number of aromatic nitrogens is 2. The predicted molar refractivity (Wildman–Crippen MR) is 97.2 cm³/mol. The van der Waals surface area contributed by atoms with Crippen LogP contribution in [0.15, 0.2) is 36.5 Å². The lowest BCUT2D eigenvalue weighted by atomic mass is 10.1. The van der Waals surface area contributed by atoms with Gasteiger partial charge in [0.25, 0.3) is 5.91 Å². The van der Waals surface area contributed by atoms with Crippen molar-refractivity contribution in [1.29, 1.82) is 0 Å². The molecule has 142 valence electrons. The first kappa shape index (κ1) is 18.4. The number of aryl methyl sites for hydroxylation is 1. The van der Waals surface area contributed by atoms with Crippen LogP contribution in [0, 0.1) is 0 Å². The largest absolute Gasteiger partial charge is 0.497 e. The Bertz CT molecular complexity index is 846. The molecule has 0 bridgehead atoms. The van der Waals surface area contributed by atoms with Gasteiger partial charge in [-0.15, -0.1) is 0 Å². The van der Waals surface area contributed by atoms with Crippen LogP contribution in [-0.4, -0.2) is 52.2 Å². The smallest absolute Gasteiger partial charge is 0.324 e. The normalized spacial score (nSPS) is 16.4. The maximum Gasteiger partial charge on any atom is 0.324 e. The lowest BCUT2D eigenvalue weighted by molar-refractivity contribution is -0.129. The fourth-order valence-corrected chi connectivity index (χ4v) is 2.82. The van der Waals surface area contributed by atoms with Gasteiger partial charge in [0.15, 0.2) is 5.82 Å². The first-order valence-corrected chi connectivity index (χ1v) is 8.50. The number of carbonyl (C=O) groups excluding carboxylic acids is 3. The van der Waals surface area contributed by atoms with Crippen molar-refractivity contribution in [3.8, 4) is 5.75 Å². The predicted octanol–water partition coefficient (Wildman–Crippen LogP) is 0.920. The zero-order valence-electron chi connectivity index (χ0n) is 15.1. The van der Waals surface area contributed by atoms with Gasteiger partial charge in [0.1, 0.15) is 11.8 Å². The monoisotopic (exact) mass is 371 g/mol. The maximum atomic E-state index is 12.5. The van der Waals surface area contributed by atoms with Crippen molar-refractivity contribution in [2.24, 2.45) is 7.05 Å². The molecule has 3 rings (SSSR count). The lowest BCUT2D eigenvalue weighted by Gasteiger charge is -2.13. The number of hydrogen-bond acceptors (Lipinski definition) is 5. The quantitative estimate of drug-likeness (QED) is 0.704. The fraction of sp³-hybridized carbons (Fsp3) is 0.333. The van der Waals surface area contributed by atoms with E-state index in [9.17, 15) is 14.4 Å². The Morgan fingerprint density at radius 1 is 1.26 bits per heavy atom.